The van der Waals surface area contributed by atoms with Gasteiger partial charge in [0.15, 0.2) is 0 Å². The number of nitrogens with one attached hydrogen (secondary N) is 1. The van der Waals surface area contributed by atoms with Crippen molar-refractivity contribution in [1.29, 1.82) is 0 Å². The third-order valence-electron chi connectivity index (χ3n) is 2.39. The fourth-order valence-electron chi connectivity index (χ4n) is 1.56. The van der Waals surface area contributed by atoms with Gasteiger partial charge in [0.1, 0.15) is 12.4 Å². The van der Waals surface area contributed by atoms with Crippen LogP contribution < -0.4 is 5.32 Å². The van der Waals surface area contributed by atoms with Gasteiger partial charge in [-0.1, -0.05) is 28.1 Å². The monoisotopic (exact) mass is 293 g/mol. The molecule has 0 saturated carbocycles. The minimum absolute atomic E-state index is 0.0424. The van der Waals surface area contributed by atoms with Gasteiger partial charge in [-0.05, 0) is 12.1 Å². The molecule has 0 unspecified atom stereocenters. The summed E-state index contributed by atoms with van der Waals surface area (Å²) in [4.78, 5) is 15.6. The van der Waals surface area contributed by atoms with Crippen molar-refractivity contribution in [2.45, 2.75) is 6.54 Å². The largest absolute Gasteiger partial charge is 0.358 e. The first kappa shape index (κ1) is 11.9. The van der Waals surface area contributed by atoms with Crippen LogP contribution in [0.4, 0.5) is 0 Å². The molecule has 1 heterocycles. The van der Waals surface area contributed by atoms with Gasteiger partial charge in [0.25, 0.3) is 0 Å². The quantitative estimate of drug-likeness (QED) is 0.942. The highest BCUT2D eigenvalue weighted by Gasteiger charge is 2.08. The number of halogens is 1. The molecule has 0 aliphatic heterocycles. The SMILES string of the molecule is CNC(=O)Cn1ccnc1-c1cccc(Br)c1. The van der Waals surface area contributed by atoms with Gasteiger partial charge in [-0.2, -0.15) is 0 Å². The number of nitrogens with zero attached hydrogens (tertiary/aromatic N) is 2. The maximum atomic E-state index is 11.4. The number of carbonyl (C=O) groups excluding carboxylic acids is 1. The van der Waals surface area contributed by atoms with Crippen molar-refractivity contribution in [2.75, 3.05) is 7.05 Å². The van der Waals surface area contributed by atoms with E-state index in [1.807, 2.05) is 28.8 Å². The molecule has 1 N–H and O–H groups in total. The molecule has 0 spiro atoms. The maximum Gasteiger partial charge on any atom is 0.239 e. The van der Waals surface area contributed by atoms with Crippen molar-refractivity contribution in [1.82, 2.24) is 14.9 Å². The number of carbonyl (C=O) groups is 1. The van der Waals surface area contributed by atoms with Crippen molar-refractivity contribution >= 4 is 21.8 Å². The molecule has 2 aromatic rings. The second-order valence-electron chi connectivity index (χ2n) is 3.56. The van der Waals surface area contributed by atoms with E-state index in [4.69, 9.17) is 0 Å². The lowest BCUT2D eigenvalue weighted by atomic mass is 10.2. The highest BCUT2D eigenvalue weighted by molar-refractivity contribution is 9.10. The lowest BCUT2D eigenvalue weighted by Gasteiger charge is -2.07. The Morgan fingerprint density at radius 3 is 3.06 bits per heavy atom. The van der Waals surface area contributed by atoms with Crippen molar-refractivity contribution in [2.24, 2.45) is 0 Å². The van der Waals surface area contributed by atoms with Gasteiger partial charge < -0.3 is 9.88 Å². The summed E-state index contributed by atoms with van der Waals surface area (Å²) in [7, 11) is 1.62. The van der Waals surface area contributed by atoms with Crippen molar-refractivity contribution in [3.05, 3.63) is 41.1 Å². The Morgan fingerprint density at radius 2 is 2.35 bits per heavy atom. The first-order chi connectivity index (χ1) is 8.20. The maximum absolute atomic E-state index is 11.4. The smallest absolute Gasteiger partial charge is 0.239 e. The van der Waals surface area contributed by atoms with Gasteiger partial charge in [0.2, 0.25) is 5.91 Å². The van der Waals surface area contributed by atoms with Crippen LogP contribution in [0.25, 0.3) is 11.4 Å². The molecular formula is C12H12BrN3O. The third-order valence-corrected chi connectivity index (χ3v) is 2.88. The lowest BCUT2D eigenvalue weighted by Crippen LogP contribution is -2.23. The summed E-state index contributed by atoms with van der Waals surface area (Å²) in [6.45, 7) is 0.276. The molecule has 0 bridgehead atoms. The van der Waals surface area contributed by atoms with Crippen LogP contribution >= 0.6 is 15.9 Å². The first-order valence-electron chi connectivity index (χ1n) is 5.18. The summed E-state index contributed by atoms with van der Waals surface area (Å²) < 4.78 is 2.81. The zero-order valence-corrected chi connectivity index (χ0v) is 10.9. The first-order valence-corrected chi connectivity index (χ1v) is 5.97. The average Bonchev–Trinajstić information content (AvgIpc) is 2.77. The molecule has 2 rings (SSSR count). The van der Waals surface area contributed by atoms with Crippen molar-refractivity contribution < 1.29 is 4.79 Å². The molecule has 1 aromatic carbocycles. The Hall–Kier alpha value is -1.62. The third kappa shape index (κ3) is 2.74. The number of hydrogen-bond donors (Lipinski definition) is 1. The van der Waals surface area contributed by atoms with Crippen LogP contribution in [0.15, 0.2) is 41.1 Å². The van der Waals surface area contributed by atoms with Crippen LogP contribution in [-0.4, -0.2) is 22.5 Å². The Bertz CT molecular complexity index is 536. The number of imidazole rings is 1. The number of likely N-dealkylation sites (N-methyl/N-ethyl adjacent to an activating group) is 1. The summed E-state index contributed by atoms with van der Waals surface area (Å²) in [5, 5.41) is 2.60. The summed E-state index contributed by atoms with van der Waals surface area (Å²) in [5.41, 5.74) is 0.980. The van der Waals surface area contributed by atoms with Gasteiger partial charge in [-0.15, -0.1) is 0 Å². The van der Waals surface area contributed by atoms with E-state index in [1.165, 1.54) is 0 Å². The standard InChI is InChI=1S/C12H12BrN3O/c1-14-11(17)8-16-6-5-15-12(16)9-3-2-4-10(13)7-9/h2-7H,8H2,1H3,(H,14,17). The van der Waals surface area contributed by atoms with Crippen molar-refractivity contribution in [3.8, 4) is 11.4 Å². The Morgan fingerprint density at radius 1 is 1.53 bits per heavy atom. The van der Waals surface area contributed by atoms with E-state index in [-0.39, 0.29) is 12.5 Å². The van der Waals surface area contributed by atoms with Crippen LogP contribution in [0, 0.1) is 0 Å². The molecule has 0 atom stereocenters. The van der Waals surface area contributed by atoms with E-state index in [9.17, 15) is 4.79 Å². The zero-order chi connectivity index (χ0) is 12.3. The summed E-state index contributed by atoms with van der Waals surface area (Å²) >= 11 is 3.42. The number of aromatic nitrogens is 2. The van der Waals surface area contributed by atoms with E-state index in [0.29, 0.717) is 0 Å². The highest BCUT2D eigenvalue weighted by atomic mass is 79.9. The fourth-order valence-corrected chi connectivity index (χ4v) is 1.96. The van der Waals surface area contributed by atoms with Crippen LogP contribution in [0.1, 0.15) is 0 Å². The van der Waals surface area contributed by atoms with E-state index in [1.54, 1.807) is 19.4 Å². The number of rotatable bonds is 3. The molecule has 0 fully saturated rings. The van der Waals surface area contributed by atoms with Crippen LogP contribution in [0.5, 0.6) is 0 Å². The Kier molecular flexibility index (Phi) is 3.58. The predicted molar refractivity (Wildman–Crippen MR) is 69.4 cm³/mol. The summed E-state index contributed by atoms with van der Waals surface area (Å²) in [5.74, 6) is 0.745. The molecule has 0 aliphatic rings. The predicted octanol–water partition coefficient (Wildman–Crippen LogP) is 2.06. The Balaban J connectivity index is 2.33. The van der Waals surface area contributed by atoms with Crippen LogP contribution in [0.2, 0.25) is 0 Å². The van der Waals surface area contributed by atoms with Crippen molar-refractivity contribution in [3.63, 3.8) is 0 Å². The molecule has 1 aromatic heterocycles. The van der Waals surface area contributed by atoms with E-state index < -0.39 is 0 Å². The molecule has 1 amide bonds. The Labute approximate surface area is 108 Å². The van der Waals surface area contributed by atoms with Crippen LogP contribution in [0.3, 0.4) is 0 Å². The molecular weight excluding hydrogens is 282 g/mol. The molecule has 0 aliphatic carbocycles. The van der Waals surface area contributed by atoms with Gasteiger partial charge in [0.05, 0.1) is 0 Å². The second kappa shape index (κ2) is 5.14. The molecule has 0 saturated heterocycles. The normalized spacial score (nSPS) is 10.2. The average molecular weight is 294 g/mol. The van der Waals surface area contributed by atoms with E-state index in [2.05, 4.69) is 26.2 Å². The van der Waals surface area contributed by atoms with Gasteiger partial charge in [-0.3, -0.25) is 4.79 Å². The summed E-state index contributed by atoms with van der Waals surface area (Å²) in [6, 6.07) is 7.84. The number of amides is 1. The minimum Gasteiger partial charge on any atom is -0.358 e. The summed E-state index contributed by atoms with van der Waals surface area (Å²) in [6.07, 6.45) is 3.49. The van der Waals surface area contributed by atoms with E-state index in [0.717, 1.165) is 15.9 Å². The molecule has 0 radical (unpaired) electrons. The molecule has 5 heteroatoms. The zero-order valence-electron chi connectivity index (χ0n) is 9.35. The minimum atomic E-state index is -0.0424. The van der Waals surface area contributed by atoms with E-state index >= 15 is 0 Å². The number of hydrogen-bond acceptors (Lipinski definition) is 2. The molecule has 17 heavy (non-hydrogen) atoms. The van der Waals surface area contributed by atoms with Crippen LogP contribution in [-0.2, 0) is 11.3 Å². The lowest BCUT2D eigenvalue weighted by molar-refractivity contribution is -0.121. The second-order valence-corrected chi connectivity index (χ2v) is 4.48. The van der Waals surface area contributed by atoms with Gasteiger partial charge >= 0.3 is 0 Å². The number of benzene rings is 1. The van der Waals surface area contributed by atoms with Gasteiger partial charge in [-0.25, -0.2) is 4.98 Å². The topological polar surface area (TPSA) is 46.9 Å². The fraction of sp³-hybridized carbons (Fsp3) is 0.167. The highest BCUT2D eigenvalue weighted by Crippen LogP contribution is 2.21. The van der Waals surface area contributed by atoms with Gasteiger partial charge in [0, 0.05) is 29.5 Å². The molecule has 4 nitrogen and oxygen atoms in total. The molecule has 88 valence electrons.